The van der Waals surface area contributed by atoms with Crippen molar-refractivity contribution < 1.29 is 14.3 Å². The standard InChI is InChI=1S/C26H30N2O3/c1-17-6-7-19(16-18(17)2)22-23(27-12-14-31-15-13-27)25(30)28(24(22)29)21-10-8-20(9-11-21)26(3,4)5/h6-11,16H,12-15H2,1-5H3. The molecule has 162 valence electrons. The van der Waals surface area contributed by atoms with E-state index < -0.39 is 0 Å². The number of ether oxygens (including phenoxy) is 1. The lowest BCUT2D eigenvalue weighted by molar-refractivity contribution is -0.121. The lowest BCUT2D eigenvalue weighted by Gasteiger charge is -2.29. The Morgan fingerprint density at radius 3 is 2.06 bits per heavy atom. The summed E-state index contributed by atoms with van der Waals surface area (Å²) >= 11 is 0. The van der Waals surface area contributed by atoms with Crippen LogP contribution in [0.2, 0.25) is 0 Å². The van der Waals surface area contributed by atoms with Crippen molar-refractivity contribution in [2.75, 3.05) is 31.2 Å². The second-order valence-corrected chi connectivity index (χ2v) is 9.36. The zero-order chi connectivity index (χ0) is 22.3. The van der Waals surface area contributed by atoms with Crippen molar-refractivity contribution >= 4 is 23.1 Å². The van der Waals surface area contributed by atoms with Crippen LogP contribution in [0.3, 0.4) is 0 Å². The summed E-state index contributed by atoms with van der Waals surface area (Å²) in [6.45, 7) is 12.8. The maximum atomic E-state index is 13.6. The average molecular weight is 419 g/mol. The van der Waals surface area contributed by atoms with Gasteiger partial charge in [-0.3, -0.25) is 9.59 Å². The van der Waals surface area contributed by atoms with Crippen LogP contribution in [-0.4, -0.2) is 43.0 Å². The Labute approximate surface area is 184 Å². The van der Waals surface area contributed by atoms with Crippen LogP contribution in [0.4, 0.5) is 5.69 Å². The smallest absolute Gasteiger partial charge is 0.282 e. The number of carbonyl (C=O) groups excluding carboxylic acids is 2. The van der Waals surface area contributed by atoms with Gasteiger partial charge in [0.25, 0.3) is 11.8 Å². The number of carbonyl (C=O) groups is 2. The maximum Gasteiger partial charge on any atom is 0.282 e. The van der Waals surface area contributed by atoms with Crippen LogP contribution in [0, 0.1) is 13.8 Å². The number of morpholine rings is 1. The highest BCUT2D eigenvalue weighted by molar-refractivity contribution is 6.45. The van der Waals surface area contributed by atoms with Gasteiger partial charge >= 0.3 is 0 Å². The number of nitrogens with zero attached hydrogens (tertiary/aromatic N) is 2. The fourth-order valence-electron chi connectivity index (χ4n) is 4.10. The lowest BCUT2D eigenvalue weighted by atomic mass is 9.87. The van der Waals surface area contributed by atoms with E-state index in [9.17, 15) is 9.59 Å². The molecule has 5 nitrogen and oxygen atoms in total. The summed E-state index contributed by atoms with van der Waals surface area (Å²) in [4.78, 5) is 30.6. The van der Waals surface area contributed by atoms with Gasteiger partial charge in [0.05, 0.1) is 24.5 Å². The monoisotopic (exact) mass is 418 g/mol. The molecular weight excluding hydrogens is 388 g/mol. The summed E-state index contributed by atoms with van der Waals surface area (Å²) in [6.07, 6.45) is 0. The summed E-state index contributed by atoms with van der Waals surface area (Å²) in [6, 6.07) is 13.7. The molecule has 0 bridgehead atoms. The van der Waals surface area contributed by atoms with Gasteiger partial charge in [-0.2, -0.15) is 0 Å². The zero-order valence-electron chi connectivity index (χ0n) is 19.0. The number of aryl methyl sites for hydroxylation is 2. The van der Waals surface area contributed by atoms with Crippen LogP contribution < -0.4 is 4.90 Å². The maximum absolute atomic E-state index is 13.6. The predicted molar refractivity (Wildman–Crippen MR) is 123 cm³/mol. The number of hydrogen-bond donors (Lipinski definition) is 0. The van der Waals surface area contributed by atoms with E-state index in [1.165, 1.54) is 4.90 Å². The van der Waals surface area contributed by atoms with Gasteiger partial charge in [0.2, 0.25) is 0 Å². The number of imide groups is 1. The molecule has 0 saturated carbocycles. The van der Waals surface area contributed by atoms with E-state index in [2.05, 4.69) is 20.8 Å². The van der Waals surface area contributed by atoms with Crippen molar-refractivity contribution in [2.24, 2.45) is 0 Å². The first kappa shape index (κ1) is 21.3. The summed E-state index contributed by atoms with van der Waals surface area (Å²) in [5, 5.41) is 0. The second-order valence-electron chi connectivity index (χ2n) is 9.36. The Hall–Kier alpha value is -2.92. The molecule has 0 atom stereocenters. The Morgan fingerprint density at radius 1 is 0.839 bits per heavy atom. The first-order valence-corrected chi connectivity index (χ1v) is 10.8. The van der Waals surface area contributed by atoms with Crippen LogP contribution >= 0.6 is 0 Å². The van der Waals surface area contributed by atoms with E-state index in [1.807, 2.05) is 61.2 Å². The van der Waals surface area contributed by atoms with Crippen molar-refractivity contribution in [1.82, 2.24) is 4.90 Å². The highest BCUT2D eigenvalue weighted by atomic mass is 16.5. The molecule has 2 amide bonds. The summed E-state index contributed by atoms with van der Waals surface area (Å²) in [5.74, 6) is -0.526. The van der Waals surface area contributed by atoms with Crippen LogP contribution in [0.15, 0.2) is 48.2 Å². The van der Waals surface area contributed by atoms with Gasteiger partial charge in [0.1, 0.15) is 5.70 Å². The molecule has 4 rings (SSSR count). The van der Waals surface area contributed by atoms with Crippen molar-refractivity contribution in [1.29, 1.82) is 0 Å². The normalized spacial score (nSPS) is 17.7. The SMILES string of the molecule is Cc1ccc(C2=C(N3CCOCC3)C(=O)N(c3ccc(C(C)(C)C)cc3)C2=O)cc1C. The molecule has 31 heavy (non-hydrogen) atoms. The Kier molecular flexibility index (Phi) is 5.48. The highest BCUT2D eigenvalue weighted by Crippen LogP contribution is 2.36. The Morgan fingerprint density at radius 2 is 1.48 bits per heavy atom. The summed E-state index contributed by atoms with van der Waals surface area (Å²) in [7, 11) is 0. The number of benzene rings is 2. The van der Waals surface area contributed by atoms with E-state index in [1.54, 1.807) is 0 Å². The minimum absolute atomic E-state index is 0.000641. The van der Waals surface area contributed by atoms with E-state index in [-0.39, 0.29) is 17.2 Å². The quantitative estimate of drug-likeness (QED) is 0.701. The van der Waals surface area contributed by atoms with Crippen molar-refractivity contribution in [3.8, 4) is 0 Å². The fourth-order valence-corrected chi connectivity index (χ4v) is 4.10. The molecule has 2 aromatic rings. The highest BCUT2D eigenvalue weighted by Gasteiger charge is 2.42. The van der Waals surface area contributed by atoms with Gasteiger partial charge in [-0.05, 0) is 53.6 Å². The fraction of sp³-hybridized carbons (Fsp3) is 0.385. The van der Waals surface area contributed by atoms with E-state index in [4.69, 9.17) is 4.74 Å². The Balaban J connectivity index is 1.79. The molecular formula is C26H30N2O3. The lowest BCUT2D eigenvalue weighted by Crippen LogP contribution is -2.40. The van der Waals surface area contributed by atoms with Crippen molar-refractivity contribution in [3.05, 3.63) is 70.4 Å². The molecule has 2 heterocycles. The number of rotatable bonds is 3. The number of amides is 2. The first-order chi connectivity index (χ1) is 14.7. The molecule has 0 unspecified atom stereocenters. The van der Waals surface area contributed by atoms with Gasteiger partial charge in [0.15, 0.2) is 0 Å². The molecule has 2 aliphatic rings. The van der Waals surface area contributed by atoms with Crippen LogP contribution in [0.5, 0.6) is 0 Å². The van der Waals surface area contributed by atoms with Gasteiger partial charge < -0.3 is 9.64 Å². The first-order valence-electron chi connectivity index (χ1n) is 10.8. The van der Waals surface area contributed by atoms with Crippen molar-refractivity contribution in [2.45, 2.75) is 40.0 Å². The number of hydrogen-bond acceptors (Lipinski definition) is 4. The third-order valence-electron chi connectivity index (χ3n) is 6.17. The number of anilines is 1. The molecule has 1 fully saturated rings. The molecule has 0 aliphatic carbocycles. The molecule has 2 aliphatic heterocycles. The third-order valence-corrected chi connectivity index (χ3v) is 6.17. The Bertz CT molecular complexity index is 1060. The van der Waals surface area contributed by atoms with Crippen LogP contribution in [0.25, 0.3) is 5.57 Å². The minimum atomic E-state index is -0.266. The van der Waals surface area contributed by atoms with Crippen molar-refractivity contribution in [3.63, 3.8) is 0 Å². The van der Waals surface area contributed by atoms with Gasteiger partial charge in [-0.15, -0.1) is 0 Å². The van der Waals surface area contributed by atoms with Gasteiger partial charge in [0, 0.05) is 13.1 Å². The van der Waals surface area contributed by atoms with E-state index in [0.717, 1.165) is 22.3 Å². The molecule has 1 saturated heterocycles. The summed E-state index contributed by atoms with van der Waals surface area (Å²) < 4.78 is 5.48. The molecule has 0 radical (unpaired) electrons. The topological polar surface area (TPSA) is 49.9 Å². The molecule has 0 N–H and O–H groups in total. The largest absolute Gasteiger partial charge is 0.378 e. The zero-order valence-corrected chi connectivity index (χ0v) is 19.0. The van der Waals surface area contributed by atoms with E-state index in [0.29, 0.717) is 43.3 Å². The second kappa shape index (κ2) is 7.97. The third kappa shape index (κ3) is 3.90. The minimum Gasteiger partial charge on any atom is -0.378 e. The molecule has 0 spiro atoms. The van der Waals surface area contributed by atoms with Gasteiger partial charge in [-0.25, -0.2) is 4.90 Å². The van der Waals surface area contributed by atoms with Crippen LogP contribution in [0.1, 0.15) is 43.0 Å². The average Bonchev–Trinajstić information content (AvgIpc) is 3.00. The van der Waals surface area contributed by atoms with Crippen LogP contribution in [-0.2, 0) is 19.7 Å². The van der Waals surface area contributed by atoms with Gasteiger partial charge in [-0.1, -0.05) is 51.1 Å². The summed E-state index contributed by atoms with van der Waals surface area (Å²) in [5.41, 5.74) is 5.77. The molecule has 0 aromatic heterocycles. The molecule has 2 aromatic carbocycles. The van der Waals surface area contributed by atoms with E-state index >= 15 is 0 Å². The molecule has 5 heteroatoms. The predicted octanol–water partition coefficient (Wildman–Crippen LogP) is 4.22.